The van der Waals surface area contributed by atoms with Crippen LogP contribution < -0.4 is 5.32 Å². The number of hydrogen-bond acceptors (Lipinski definition) is 4. The summed E-state index contributed by atoms with van der Waals surface area (Å²) in [5.74, 6) is 0. The highest BCUT2D eigenvalue weighted by Crippen LogP contribution is 2.07. The van der Waals surface area contributed by atoms with Gasteiger partial charge in [0.05, 0.1) is 6.26 Å². The summed E-state index contributed by atoms with van der Waals surface area (Å²) in [6.07, 6.45) is 3.65. The predicted molar refractivity (Wildman–Crippen MR) is 75.2 cm³/mol. The second kappa shape index (κ2) is 7.43. The van der Waals surface area contributed by atoms with Crippen LogP contribution in [0.3, 0.4) is 0 Å². The summed E-state index contributed by atoms with van der Waals surface area (Å²) in [5.41, 5.74) is 0. The van der Waals surface area contributed by atoms with Crippen LogP contribution >= 0.6 is 0 Å². The summed E-state index contributed by atoms with van der Waals surface area (Å²) in [6.45, 7) is 9.45. The minimum Gasteiger partial charge on any atom is -0.315 e. The Kier molecular flexibility index (Phi) is 6.55. The average molecular weight is 277 g/mol. The molecule has 1 aliphatic rings. The van der Waals surface area contributed by atoms with Crippen LogP contribution in [0.5, 0.6) is 0 Å². The molecule has 5 nitrogen and oxygen atoms in total. The van der Waals surface area contributed by atoms with E-state index in [0.717, 1.165) is 26.2 Å². The van der Waals surface area contributed by atoms with Crippen LogP contribution in [0, 0.1) is 0 Å². The minimum atomic E-state index is -2.99. The van der Waals surface area contributed by atoms with Gasteiger partial charge in [-0.3, -0.25) is 0 Å². The van der Waals surface area contributed by atoms with Gasteiger partial charge < -0.3 is 10.2 Å². The Bertz CT molecular complexity index is 324. The summed E-state index contributed by atoms with van der Waals surface area (Å²) in [7, 11) is -2.99. The molecule has 0 bridgehead atoms. The predicted octanol–water partition coefficient (Wildman–Crippen LogP) is 0.342. The van der Waals surface area contributed by atoms with E-state index in [4.69, 9.17) is 0 Å². The molecule has 0 radical (unpaired) electrons. The second-order valence-corrected chi connectivity index (χ2v) is 7.09. The molecule has 1 aliphatic heterocycles. The molecular formula is C12H27N3O2S. The fraction of sp³-hybridized carbons (Fsp3) is 1.00. The molecule has 1 N–H and O–H groups in total. The topological polar surface area (TPSA) is 52.6 Å². The molecule has 0 amide bonds. The maximum absolute atomic E-state index is 11.4. The monoisotopic (exact) mass is 277 g/mol. The lowest BCUT2D eigenvalue weighted by molar-refractivity contribution is 0.184. The number of hydrogen-bond donors (Lipinski definition) is 1. The van der Waals surface area contributed by atoms with Crippen molar-refractivity contribution < 1.29 is 8.42 Å². The third kappa shape index (κ3) is 5.65. The molecule has 6 heteroatoms. The van der Waals surface area contributed by atoms with Crippen molar-refractivity contribution in [3.05, 3.63) is 0 Å². The highest BCUT2D eigenvalue weighted by Gasteiger charge is 2.22. The van der Waals surface area contributed by atoms with E-state index in [9.17, 15) is 8.42 Å². The zero-order valence-corrected chi connectivity index (χ0v) is 12.7. The molecule has 1 heterocycles. The largest absolute Gasteiger partial charge is 0.315 e. The van der Waals surface area contributed by atoms with Crippen LogP contribution in [-0.2, 0) is 10.0 Å². The van der Waals surface area contributed by atoms with Gasteiger partial charge in [0.2, 0.25) is 10.0 Å². The Morgan fingerprint density at radius 2 is 1.83 bits per heavy atom. The van der Waals surface area contributed by atoms with Crippen LogP contribution in [0.25, 0.3) is 0 Å². The molecule has 108 valence electrons. The van der Waals surface area contributed by atoms with Crippen molar-refractivity contribution in [2.75, 3.05) is 45.5 Å². The normalized spacial score (nSPS) is 21.1. The number of piperazine rings is 1. The summed E-state index contributed by atoms with van der Waals surface area (Å²) in [6, 6.07) is 0.576. The van der Waals surface area contributed by atoms with E-state index in [1.807, 2.05) is 0 Å². The number of nitrogens with zero attached hydrogens (tertiary/aromatic N) is 2. The SMILES string of the molecule is CCNC(C)CCCN1CCN(S(C)(=O)=O)CC1. The molecule has 0 aromatic rings. The third-order valence-corrected chi connectivity index (χ3v) is 4.77. The zero-order valence-electron chi connectivity index (χ0n) is 11.9. The van der Waals surface area contributed by atoms with Crippen molar-refractivity contribution in [2.24, 2.45) is 0 Å². The van der Waals surface area contributed by atoms with Gasteiger partial charge in [-0.1, -0.05) is 6.92 Å². The lowest BCUT2D eigenvalue weighted by Crippen LogP contribution is -2.48. The molecule has 0 aliphatic carbocycles. The Morgan fingerprint density at radius 1 is 1.22 bits per heavy atom. The first-order valence-electron chi connectivity index (χ1n) is 6.84. The molecule has 1 saturated heterocycles. The molecule has 0 aromatic carbocycles. The van der Waals surface area contributed by atoms with E-state index in [1.54, 1.807) is 4.31 Å². The van der Waals surface area contributed by atoms with Crippen molar-refractivity contribution in [3.63, 3.8) is 0 Å². The molecule has 1 fully saturated rings. The van der Waals surface area contributed by atoms with Gasteiger partial charge in [-0.25, -0.2) is 8.42 Å². The second-order valence-electron chi connectivity index (χ2n) is 5.10. The third-order valence-electron chi connectivity index (χ3n) is 3.46. The van der Waals surface area contributed by atoms with Crippen molar-refractivity contribution >= 4 is 10.0 Å². The van der Waals surface area contributed by atoms with Gasteiger partial charge in [0.25, 0.3) is 0 Å². The molecular weight excluding hydrogens is 250 g/mol. The summed E-state index contributed by atoms with van der Waals surface area (Å²) in [4.78, 5) is 2.36. The molecule has 1 unspecified atom stereocenters. The zero-order chi connectivity index (χ0) is 13.6. The van der Waals surface area contributed by atoms with Gasteiger partial charge in [-0.05, 0) is 32.9 Å². The van der Waals surface area contributed by atoms with E-state index in [2.05, 4.69) is 24.1 Å². The molecule has 1 atom stereocenters. The molecule has 0 saturated carbocycles. The quantitative estimate of drug-likeness (QED) is 0.729. The lowest BCUT2D eigenvalue weighted by Gasteiger charge is -2.33. The highest BCUT2D eigenvalue weighted by molar-refractivity contribution is 7.88. The van der Waals surface area contributed by atoms with Crippen molar-refractivity contribution in [1.29, 1.82) is 0 Å². The Balaban J connectivity index is 2.16. The number of rotatable bonds is 7. The number of sulfonamides is 1. The Hall–Kier alpha value is -0.170. The van der Waals surface area contributed by atoms with Crippen molar-refractivity contribution in [3.8, 4) is 0 Å². The average Bonchev–Trinajstić information content (AvgIpc) is 2.29. The van der Waals surface area contributed by atoms with Gasteiger partial charge in [-0.2, -0.15) is 4.31 Å². The molecule has 18 heavy (non-hydrogen) atoms. The van der Waals surface area contributed by atoms with E-state index < -0.39 is 10.0 Å². The standard InChI is InChI=1S/C12H27N3O2S/c1-4-13-12(2)6-5-7-14-8-10-15(11-9-14)18(3,16)17/h12-13H,4-11H2,1-3H3. The van der Waals surface area contributed by atoms with Gasteiger partial charge in [0.1, 0.15) is 0 Å². The van der Waals surface area contributed by atoms with Gasteiger partial charge in [0, 0.05) is 32.2 Å². The van der Waals surface area contributed by atoms with E-state index >= 15 is 0 Å². The fourth-order valence-electron chi connectivity index (χ4n) is 2.36. The minimum absolute atomic E-state index is 0.576. The summed E-state index contributed by atoms with van der Waals surface area (Å²) >= 11 is 0. The first-order valence-corrected chi connectivity index (χ1v) is 8.69. The summed E-state index contributed by atoms with van der Waals surface area (Å²) in [5, 5.41) is 3.40. The van der Waals surface area contributed by atoms with Crippen molar-refractivity contribution in [1.82, 2.24) is 14.5 Å². The van der Waals surface area contributed by atoms with Crippen LogP contribution in [0.1, 0.15) is 26.7 Å². The lowest BCUT2D eigenvalue weighted by atomic mass is 10.1. The maximum atomic E-state index is 11.4. The number of nitrogens with one attached hydrogen (secondary N) is 1. The maximum Gasteiger partial charge on any atom is 0.211 e. The first kappa shape index (κ1) is 15.9. The van der Waals surface area contributed by atoms with Gasteiger partial charge >= 0.3 is 0 Å². The van der Waals surface area contributed by atoms with E-state index in [0.29, 0.717) is 19.1 Å². The van der Waals surface area contributed by atoms with Crippen LogP contribution in [0.4, 0.5) is 0 Å². The molecule has 1 rings (SSSR count). The molecule has 0 aromatic heterocycles. The Labute approximate surface area is 112 Å². The first-order chi connectivity index (χ1) is 8.43. The molecule has 0 spiro atoms. The van der Waals surface area contributed by atoms with E-state index in [1.165, 1.54) is 19.1 Å². The van der Waals surface area contributed by atoms with E-state index in [-0.39, 0.29) is 0 Å². The van der Waals surface area contributed by atoms with Gasteiger partial charge in [0.15, 0.2) is 0 Å². The van der Waals surface area contributed by atoms with Crippen LogP contribution in [0.2, 0.25) is 0 Å². The highest BCUT2D eigenvalue weighted by atomic mass is 32.2. The smallest absolute Gasteiger partial charge is 0.211 e. The summed E-state index contributed by atoms with van der Waals surface area (Å²) < 4.78 is 24.3. The van der Waals surface area contributed by atoms with Crippen LogP contribution in [0.15, 0.2) is 0 Å². The van der Waals surface area contributed by atoms with Gasteiger partial charge in [-0.15, -0.1) is 0 Å². The fourth-order valence-corrected chi connectivity index (χ4v) is 3.18. The Morgan fingerprint density at radius 3 is 2.33 bits per heavy atom. The van der Waals surface area contributed by atoms with Crippen molar-refractivity contribution in [2.45, 2.75) is 32.7 Å². The van der Waals surface area contributed by atoms with Crippen LogP contribution in [-0.4, -0.2) is 69.2 Å².